The molecule has 0 saturated carbocycles. The third-order valence-electron chi connectivity index (χ3n) is 4.49. The number of benzene rings is 1. The molecule has 3 rings (SSSR count). The highest BCUT2D eigenvalue weighted by atomic mass is 35.5. The second-order valence-corrected chi connectivity index (χ2v) is 7.08. The summed E-state index contributed by atoms with van der Waals surface area (Å²) < 4.78 is 0.679. The Morgan fingerprint density at radius 1 is 1.00 bits per heavy atom. The molecule has 2 amide bonds. The molecule has 0 spiro atoms. The number of nitrogens with one attached hydrogen (secondary N) is 2. The Morgan fingerprint density at radius 3 is 2.30 bits per heavy atom. The number of aromatic hydroxyl groups is 2. The van der Waals surface area contributed by atoms with Crippen molar-refractivity contribution in [3.8, 4) is 11.6 Å². The predicted octanol–water partition coefficient (Wildman–Crippen LogP) is 1.42. The molecule has 170 valence electrons. The Bertz CT molecular complexity index is 1290. The minimum atomic E-state index is -1.39. The Balaban J connectivity index is 2.16. The summed E-state index contributed by atoms with van der Waals surface area (Å²) in [7, 11) is 0. The van der Waals surface area contributed by atoms with Gasteiger partial charge in [0.2, 0.25) is 5.88 Å². The van der Waals surface area contributed by atoms with E-state index in [0.29, 0.717) is 10.1 Å². The van der Waals surface area contributed by atoms with Gasteiger partial charge in [0.25, 0.3) is 17.4 Å². The molecule has 0 atom stereocenters. The van der Waals surface area contributed by atoms with Crippen molar-refractivity contribution < 1.29 is 29.7 Å². The smallest absolute Gasteiger partial charge is 0.322 e. The first kappa shape index (κ1) is 23.3. The topological polar surface area (TPSA) is 171 Å². The van der Waals surface area contributed by atoms with Gasteiger partial charge in [-0.15, -0.1) is 0 Å². The van der Waals surface area contributed by atoms with Crippen LogP contribution in [0, 0.1) is 0 Å². The van der Waals surface area contributed by atoms with Crippen LogP contribution in [-0.4, -0.2) is 49.2 Å². The van der Waals surface area contributed by atoms with E-state index in [0.717, 1.165) is 0 Å². The predicted molar refractivity (Wildman–Crippen MR) is 117 cm³/mol. The summed E-state index contributed by atoms with van der Waals surface area (Å²) in [6.07, 6.45) is 2.77. The maximum atomic E-state index is 13.0. The fourth-order valence-corrected chi connectivity index (χ4v) is 3.12. The van der Waals surface area contributed by atoms with Crippen molar-refractivity contribution in [2.45, 2.75) is 6.54 Å². The van der Waals surface area contributed by atoms with E-state index in [1.807, 2.05) is 5.32 Å². The number of aromatic nitrogens is 2. The van der Waals surface area contributed by atoms with Gasteiger partial charge in [-0.3, -0.25) is 28.7 Å². The number of rotatable bonds is 7. The molecule has 3 aromatic rings. The van der Waals surface area contributed by atoms with E-state index in [1.165, 1.54) is 30.6 Å². The first-order chi connectivity index (χ1) is 15.7. The number of carboxylic acids is 1. The van der Waals surface area contributed by atoms with Crippen LogP contribution in [0.3, 0.4) is 0 Å². The van der Waals surface area contributed by atoms with Crippen molar-refractivity contribution in [1.29, 1.82) is 0 Å². The van der Waals surface area contributed by atoms with Crippen LogP contribution in [0.5, 0.6) is 11.6 Å². The number of halogens is 1. The second kappa shape index (κ2) is 9.83. The molecular formula is C21H17ClN4O7. The van der Waals surface area contributed by atoms with E-state index < -0.39 is 52.6 Å². The average molecular weight is 473 g/mol. The van der Waals surface area contributed by atoms with E-state index in [2.05, 4.69) is 10.3 Å². The summed E-state index contributed by atoms with van der Waals surface area (Å²) >= 11 is 6.13. The van der Waals surface area contributed by atoms with E-state index in [-0.39, 0.29) is 17.3 Å². The third-order valence-corrected chi connectivity index (χ3v) is 4.86. The lowest BCUT2D eigenvalue weighted by Gasteiger charge is -2.17. The molecule has 0 saturated heterocycles. The van der Waals surface area contributed by atoms with Crippen molar-refractivity contribution in [1.82, 2.24) is 14.9 Å². The second-order valence-electron chi connectivity index (χ2n) is 6.67. The van der Waals surface area contributed by atoms with Crippen molar-refractivity contribution in [3.63, 3.8) is 0 Å². The highest BCUT2D eigenvalue weighted by molar-refractivity contribution is 6.31. The molecule has 0 unspecified atom stereocenters. The van der Waals surface area contributed by atoms with Gasteiger partial charge in [-0.2, -0.15) is 0 Å². The third kappa shape index (κ3) is 5.10. The molecule has 0 bridgehead atoms. The van der Waals surface area contributed by atoms with Crippen LogP contribution in [0.1, 0.15) is 26.3 Å². The molecule has 5 N–H and O–H groups in total. The van der Waals surface area contributed by atoms with Gasteiger partial charge in [-0.05, 0) is 23.8 Å². The fourth-order valence-electron chi connectivity index (χ4n) is 2.93. The number of nitrogens with zero attached hydrogens (tertiary/aromatic N) is 2. The van der Waals surface area contributed by atoms with E-state index in [1.54, 1.807) is 18.2 Å². The Labute approximate surface area is 190 Å². The number of amides is 2. The highest BCUT2D eigenvalue weighted by Gasteiger charge is 2.30. The van der Waals surface area contributed by atoms with Crippen LogP contribution in [0.25, 0.3) is 0 Å². The SMILES string of the molecule is O=C(O)CNC(=O)c1c(O)c(C(=O)Nc2ccncc2)c(O)n(Cc2ccccc2Cl)c1=O. The monoisotopic (exact) mass is 472 g/mol. The fraction of sp³-hybridized carbons (Fsp3) is 0.0952. The number of carbonyl (C=O) groups is 3. The zero-order valence-electron chi connectivity index (χ0n) is 16.8. The van der Waals surface area contributed by atoms with E-state index >= 15 is 0 Å². The van der Waals surface area contributed by atoms with Gasteiger partial charge in [-0.25, -0.2) is 0 Å². The summed E-state index contributed by atoms with van der Waals surface area (Å²) in [5.41, 5.74) is -2.21. The molecule has 11 nitrogen and oxygen atoms in total. The van der Waals surface area contributed by atoms with E-state index in [4.69, 9.17) is 16.7 Å². The summed E-state index contributed by atoms with van der Waals surface area (Å²) in [5.74, 6) is -5.70. The highest BCUT2D eigenvalue weighted by Crippen LogP contribution is 2.30. The number of carbonyl (C=O) groups excluding carboxylic acids is 2. The van der Waals surface area contributed by atoms with Crippen molar-refractivity contribution in [2.24, 2.45) is 0 Å². The Morgan fingerprint density at radius 2 is 1.67 bits per heavy atom. The maximum Gasteiger partial charge on any atom is 0.322 e. The zero-order valence-corrected chi connectivity index (χ0v) is 17.5. The minimum Gasteiger partial charge on any atom is -0.506 e. The summed E-state index contributed by atoms with van der Waals surface area (Å²) in [6.45, 7) is -1.19. The molecule has 0 aliphatic rings. The van der Waals surface area contributed by atoms with Crippen LogP contribution in [-0.2, 0) is 11.3 Å². The molecule has 2 heterocycles. The summed E-state index contributed by atoms with van der Waals surface area (Å²) in [6, 6.07) is 9.24. The molecule has 0 radical (unpaired) electrons. The van der Waals surface area contributed by atoms with Crippen LogP contribution in [0.4, 0.5) is 5.69 Å². The van der Waals surface area contributed by atoms with Gasteiger partial charge in [0.15, 0.2) is 5.75 Å². The molecule has 33 heavy (non-hydrogen) atoms. The lowest BCUT2D eigenvalue weighted by Crippen LogP contribution is -2.37. The number of hydrogen-bond donors (Lipinski definition) is 5. The molecular weight excluding hydrogens is 456 g/mol. The van der Waals surface area contributed by atoms with Crippen molar-refractivity contribution in [2.75, 3.05) is 11.9 Å². The van der Waals surface area contributed by atoms with Gasteiger partial charge in [-0.1, -0.05) is 29.8 Å². The number of carboxylic acid groups (broad SMARTS) is 1. The van der Waals surface area contributed by atoms with Gasteiger partial charge in [0, 0.05) is 23.1 Å². The molecule has 0 fully saturated rings. The summed E-state index contributed by atoms with van der Waals surface area (Å²) in [5, 5.41) is 34.7. The molecule has 12 heteroatoms. The van der Waals surface area contributed by atoms with Gasteiger partial charge in [0.1, 0.15) is 17.7 Å². The molecule has 0 aliphatic heterocycles. The number of pyridine rings is 2. The number of hydrogen-bond acceptors (Lipinski definition) is 7. The van der Waals surface area contributed by atoms with Crippen molar-refractivity contribution >= 4 is 35.1 Å². The number of aliphatic carboxylic acids is 1. The lowest BCUT2D eigenvalue weighted by atomic mass is 10.1. The lowest BCUT2D eigenvalue weighted by molar-refractivity contribution is -0.135. The normalized spacial score (nSPS) is 10.5. The number of anilines is 1. The summed E-state index contributed by atoms with van der Waals surface area (Å²) in [4.78, 5) is 53.0. The first-order valence-corrected chi connectivity index (χ1v) is 9.72. The standard InChI is InChI=1S/C21H17ClN4O7/c22-13-4-2-1-3-11(13)10-26-20(32)15(18(30)24-9-14(27)28)17(29)16(21(26)33)19(31)25-12-5-7-23-8-6-12/h1-8,29,33H,9-10H2,(H,24,30)(H,27,28)(H,23,25,31). The first-order valence-electron chi connectivity index (χ1n) is 9.34. The van der Waals surface area contributed by atoms with Crippen LogP contribution < -0.4 is 16.2 Å². The largest absolute Gasteiger partial charge is 0.506 e. The van der Waals surface area contributed by atoms with Crippen LogP contribution >= 0.6 is 11.6 Å². The molecule has 0 aliphatic carbocycles. The molecule has 1 aromatic carbocycles. The zero-order chi connectivity index (χ0) is 24.1. The van der Waals surface area contributed by atoms with Gasteiger partial charge >= 0.3 is 5.97 Å². The Hall–Kier alpha value is -4.38. The van der Waals surface area contributed by atoms with E-state index in [9.17, 15) is 29.4 Å². The molecule has 2 aromatic heterocycles. The van der Waals surface area contributed by atoms with Gasteiger partial charge < -0.3 is 26.0 Å². The minimum absolute atomic E-state index is 0.247. The quantitative estimate of drug-likeness (QED) is 0.343. The average Bonchev–Trinajstić information content (AvgIpc) is 2.77. The van der Waals surface area contributed by atoms with Crippen molar-refractivity contribution in [3.05, 3.63) is 80.9 Å². The van der Waals surface area contributed by atoms with Gasteiger partial charge in [0.05, 0.1) is 6.54 Å². The van der Waals surface area contributed by atoms with Crippen LogP contribution in [0.2, 0.25) is 5.02 Å². The van der Waals surface area contributed by atoms with Crippen LogP contribution in [0.15, 0.2) is 53.6 Å². The maximum absolute atomic E-state index is 13.0. The Kier molecular flexibility index (Phi) is 6.94.